The maximum Gasteiger partial charge on any atom is 0.335 e. The summed E-state index contributed by atoms with van der Waals surface area (Å²) in [4.78, 5) is 37.9. The molecule has 2 aromatic carbocycles. The van der Waals surface area contributed by atoms with Crippen molar-refractivity contribution in [2.24, 2.45) is 4.99 Å². The molecule has 0 saturated heterocycles. The molecule has 10 nitrogen and oxygen atoms in total. The molecule has 0 aliphatic carbocycles. The molecule has 1 aliphatic rings. The molecule has 1 amide bonds. The number of carbonyl (C=O) groups excluding carboxylic acids is 1. The predicted molar refractivity (Wildman–Crippen MR) is 148 cm³/mol. The number of oxazole rings is 1. The number of allylic oxidation sites excluding steroid dienone is 1. The number of rotatable bonds is 6. The Bertz CT molecular complexity index is 1630. The molecule has 4 aromatic rings. The van der Waals surface area contributed by atoms with E-state index in [0.717, 1.165) is 11.1 Å². The van der Waals surface area contributed by atoms with Crippen LogP contribution in [0.1, 0.15) is 34.5 Å². The summed E-state index contributed by atoms with van der Waals surface area (Å²) in [6.07, 6.45) is 2.92. The number of aliphatic imine (C=N–C) groups is 1. The molecule has 0 bridgehead atoms. The second kappa shape index (κ2) is 10.8. The fourth-order valence-corrected chi connectivity index (χ4v) is 4.44. The Labute approximate surface area is 228 Å². The molecule has 5 rings (SSSR count). The van der Waals surface area contributed by atoms with Gasteiger partial charge in [0.05, 0.1) is 17.3 Å². The van der Waals surface area contributed by atoms with Gasteiger partial charge in [0.25, 0.3) is 5.91 Å². The van der Waals surface area contributed by atoms with Gasteiger partial charge in [0.15, 0.2) is 5.76 Å². The van der Waals surface area contributed by atoms with Crippen LogP contribution < -0.4 is 16.0 Å². The average molecular weight is 543 g/mol. The van der Waals surface area contributed by atoms with Gasteiger partial charge >= 0.3 is 12.0 Å². The summed E-state index contributed by atoms with van der Waals surface area (Å²) in [5, 5.41) is 18.5. The van der Waals surface area contributed by atoms with Crippen LogP contribution in [-0.4, -0.2) is 32.9 Å². The summed E-state index contributed by atoms with van der Waals surface area (Å²) in [7, 11) is 0. The number of aromatic carboxylic acids is 1. The summed E-state index contributed by atoms with van der Waals surface area (Å²) in [5.41, 5.74) is 3.21. The molecule has 0 spiro atoms. The predicted octanol–water partition coefficient (Wildman–Crippen LogP) is 5.42. The third kappa shape index (κ3) is 5.65. The molecule has 1 atom stereocenters. The zero-order valence-electron chi connectivity index (χ0n) is 20.9. The van der Waals surface area contributed by atoms with E-state index >= 15 is 0 Å². The quantitative estimate of drug-likeness (QED) is 0.253. The number of hydrogen-bond donors (Lipinski definition) is 4. The van der Waals surface area contributed by atoms with E-state index in [9.17, 15) is 14.7 Å². The van der Waals surface area contributed by atoms with Crippen LogP contribution in [0.5, 0.6) is 0 Å². The van der Waals surface area contributed by atoms with Crippen LogP contribution in [0.15, 0.2) is 93.7 Å². The first kappa shape index (κ1) is 25.7. The fourth-order valence-electron chi connectivity index (χ4n) is 4.10. The van der Waals surface area contributed by atoms with E-state index < -0.39 is 17.9 Å². The lowest BCUT2D eigenvalue weighted by Gasteiger charge is -2.27. The van der Waals surface area contributed by atoms with E-state index in [1.165, 1.54) is 18.3 Å². The lowest BCUT2D eigenvalue weighted by Crippen LogP contribution is -2.37. The number of anilines is 2. The van der Waals surface area contributed by atoms with Crippen LogP contribution >= 0.6 is 11.6 Å². The van der Waals surface area contributed by atoms with E-state index in [0.29, 0.717) is 28.0 Å². The molecule has 4 N–H and O–H groups in total. The number of pyridine rings is 1. The molecule has 2 aromatic heterocycles. The van der Waals surface area contributed by atoms with Crippen LogP contribution in [0.2, 0.25) is 5.02 Å². The maximum atomic E-state index is 13.5. The fraction of sp³-hybridized carbons (Fsp3) is 0.107. The Morgan fingerprint density at radius 3 is 2.59 bits per heavy atom. The second-order valence-electron chi connectivity index (χ2n) is 8.78. The van der Waals surface area contributed by atoms with E-state index in [2.05, 4.69) is 25.9 Å². The Morgan fingerprint density at radius 1 is 1.05 bits per heavy atom. The van der Waals surface area contributed by atoms with Crippen molar-refractivity contribution in [3.05, 3.63) is 106 Å². The van der Waals surface area contributed by atoms with Gasteiger partial charge in [-0.2, -0.15) is 0 Å². The van der Waals surface area contributed by atoms with E-state index in [1.54, 1.807) is 19.2 Å². The minimum absolute atomic E-state index is 0.00349. The number of guanidine groups is 1. The lowest BCUT2D eigenvalue weighted by molar-refractivity contribution is -0.113. The number of carboxylic acids is 1. The van der Waals surface area contributed by atoms with Gasteiger partial charge in [-0.3, -0.25) is 10.1 Å². The first-order valence-corrected chi connectivity index (χ1v) is 12.3. The molecule has 39 heavy (non-hydrogen) atoms. The number of aryl methyl sites for hydroxylation is 1. The Kier molecular flexibility index (Phi) is 7.11. The molecule has 1 unspecified atom stereocenters. The summed E-state index contributed by atoms with van der Waals surface area (Å²) in [5.74, 6) is -0.666. The number of aromatic nitrogens is 2. The van der Waals surface area contributed by atoms with Gasteiger partial charge in [-0.25, -0.2) is 19.8 Å². The Morgan fingerprint density at radius 2 is 1.85 bits per heavy atom. The molecule has 1 aliphatic heterocycles. The standard InChI is InChI=1S/C28H23ClN6O4/c1-15-8-9-19(20(29)12-15)24-23(25(36)33-22-13-18(26(37)38)10-11-30-22)16(2)32-27(34-24)35-28-31-14-21(39-28)17-6-4-3-5-7-17/h3-14,24H,1-2H3,(H,37,38)(H,30,33,36)(H2,31,32,34,35). The van der Waals surface area contributed by atoms with E-state index in [-0.39, 0.29) is 23.0 Å². The SMILES string of the molecule is CC1=C(C(=O)Nc2cc(C(=O)O)ccn2)C(c2ccc(C)cc2Cl)N=C(Nc2ncc(-c3ccccc3)o2)N1. The molecule has 0 saturated carbocycles. The van der Waals surface area contributed by atoms with Crippen molar-refractivity contribution >= 4 is 41.3 Å². The van der Waals surface area contributed by atoms with E-state index in [4.69, 9.17) is 21.0 Å². The molecular formula is C28H23ClN6O4. The lowest BCUT2D eigenvalue weighted by atomic mass is 9.95. The van der Waals surface area contributed by atoms with Crippen LogP contribution in [0.4, 0.5) is 11.8 Å². The third-order valence-electron chi connectivity index (χ3n) is 5.97. The smallest absolute Gasteiger partial charge is 0.335 e. The summed E-state index contributed by atoms with van der Waals surface area (Å²) >= 11 is 6.60. The minimum Gasteiger partial charge on any atom is -0.478 e. The zero-order valence-corrected chi connectivity index (χ0v) is 21.7. The van der Waals surface area contributed by atoms with Crippen LogP contribution in [0.3, 0.4) is 0 Å². The first-order valence-electron chi connectivity index (χ1n) is 11.9. The highest BCUT2D eigenvalue weighted by Crippen LogP contribution is 2.36. The minimum atomic E-state index is -1.13. The van der Waals surface area contributed by atoms with Crippen LogP contribution in [0, 0.1) is 6.92 Å². The number of halogens is 1. The van der Waals surface area contributed by atoms with Crippen LogP contribution in [0.25, 0.3) is 11.3 Å². The number of hydrogen-bond acceptors (Lipinski definition) is 8. The summed E-state index contributed by atoms with van der Waals surface area (Å²) in [6.45, 7) is 3.64. The van der Waals surface area contributed by atoms with Gasteiger partial charge in [0.1, 0.15) is 11.9 Å². The number of nitrogens with zero attached hydrogens (tertiary/aromatic N) is 3. The number of amides is 1. The molecule has 3 heterocycles. The van der Waals surface area contributed by atoms with Gasteiger partial charge in [-0.1, -0.05) is 54.1 Å². The molecular weight excluding hydrogens is 520 g/mol. The number of carboxylic acid groups (broad SMARTS) is 1. The summed E-state index contributed by atoms with van der Waals surface area (Å²) in [6, 6.07) is 17.1. The highest BCUT2D eigenvalue weighted by atomic mass is 35.5. The van der Waals surface area contributed by atoms with Gasteiger partial charge in [0, 0.05) is 28.0 Å². The maximum absolute atomic E-state index is 13.5. The number of carbonyl (C=O) groups is 2. The van der Waals surface area contributed by atoms with Crippen molar-refractivity contribution in [3.8, 4) is 11.3 Å². The molecule has 196 valence electrons. The summed E-state index contributed by atoms with van der Waals surface area (Å²) < 4.78 is 5.85. The molecule has 11 heteroatoms. The normalized spacial score (nSPS) is 14.8. The van der Waals surface area contributed by atoms with Crippen molar-refractivity contribution in [1.82, 2.24) is 15.3 Å². The topological polar surface area (TPSA) is 142 Å². The zero-order chi connectivity index (χ0) is 27.5. The van der Waals surface area contributed by atoms with Crippen molar-refractivity contribution in [2.75, 3.05) is 10.6 Å². The average Bonchev–Trinajstić information content (AvgIpc) is 3.37. The third-order valence-corrected chi connectivity index (χ3v) is 6.30. The van der Waals surface area contributed by atoms with Crippen molar-refractivity contribution in [1.29, 1.82) is 0 Å². The van der Waals surface area contributed by atoms with Gasteiger partial charge in [-0.15, -0.1) is 0 Å². The highest BCUT2D eigenvalue weighted by Gasteiger charge is 2.31. The van der Waals surface area contributed by atoms with Gasteiger partial charge < -0.3 is 20.2 Å². The second-order valence-corrected chi connectivity index (χ2v) is 9.19. The largest absolute Gasteiger partial charge is 0.478 e. The number of benzene rings is 2. The molecule has 0 fully saturated rings. The van der Waals surface area contributed by atoms with E-state index in [1.807, 2.05) is 49.4 Å². The number of nitrogens with one attached hydrogen (secondary N) is 3. The van der Waals surface area contributed by atoms with Crippen molar-refractivity contribution in [2.45, 2.75) is 19.9 Å². The van der Waals surface area contributed by atoms with Gasteiger partial charge in [0.2, 0.25) is 5.96 Å². The first-order chi connectivity index (χ1) is 18.8. The van der Waals surface area contributed by atoms with Gasteiger partial charge in [-0.05, 0) is 37.6 Å². The van der Waals surface area contributed by atoms with Crippen molar-refractivity contribution in [3.63, 3.8) is 0 Å². The highest BCUT2D eigenvalue weighted by molar-refractivity contribution is 6.31. The Balaban J connectivity index is 1.46. The van der Waals surface area contributed by atoms with Crippen molar-refractivity contribution < 1.29 is 19.1 Å². The monoisotopic (exact) mass is 542 g/mol. The Hall–Kier alpha value is -4.96. The van der Waals surface area contributed by atoms with Crippen LogP contribution in [-0.2, 0) is 4.79 Å². The molecule has 0 radical (unpaired) electrons.